The Bertz CT molecular complexity index is 1290. The molecule has 1 aromatic carbocycles. The Balaban J connectivity index is 1.40. The van der Waals surface area contributed by atoms with Gasteiger partial charge in [0.1, 0.15) is 11.9 Å². The second-order valence-electron chi connectivity index (χ2n) is 10.5. The number of nitrogens with zero attached hydrogens (tertiary/aromatic N) is 2. The highest BCUT2D eigenvalue weighted by Gasteiger charge is 2.66. The van der Waals surface area contributed by atoms with E-state index in [1.807, 2.05) is 29.5 Å². The van der Waals surface area contributed by atoms with E-state index in [-0.39, 0.29) is 29.2 Å². The number of rotatable bonds is 4. The summed E-state index contributed by atoms with van der Waals surface area (Å²) in [5.41, 5.74) is 1.64. The largest absolute Gasteiger partial charge is 0.504 e. The van der Waals surface area contributed by atoms with Crippen molar-refractivity contribution in [3.05, 3.63) is 44.1 Å². The first-order valence-corrected chi connectivity index (χ1v) is 14.0. The van der Waals surface area contributed by atoms with Gasteiger partial charge in [-0.1, -0.05) is 0 Å². The third-order valence-electron chi connectivity index (χ3n) is 8.73. The number of likely N-dealkylation sites (N-methyl/N-ethyl adjacent to an activating group) is 2. The molecule has 0 radical (unpaired) electrons. The van der Waals surface area contributed by atoms with Crippen LogP contribution in [0.3, 0.4) is 0 Å². The number of phenolic OH excluding ortho intramolecular Hbond substituents is 1. The van der Waals surface area contributed by atoms with Gasteiger partial charge in [-0.25, -0.2) is 0 Å². The van der Waals surface area contributed by atoms with Gasteiger partial charge < -0.3 is 24.4 Å². The highest BCUT2D eigenvalue weighted by atomic mass is 79.9. The normalized spacial score (nSPS) is 30.1. The van der Waals surface area contributed by atoms with Gasteiger partial charge in [-0.15, -0.1) is 11.3 Å². The third kappa shape index (κ3) is 3.46. The summed E-state index contributed by atoms with van der Waals surface area (Å²) in [4.78, 5) is 30.4. The van der Waals surface area contributed by atoms with E-state index in [1.165, 1.54) is 13.0 Å². The minimum Gasteiger partial charge on any atom is -0.504 e. The summed E-state index contributed by atoms with van der Waals surface area (Å²) in [5, 5.41) is 13.0. The summed E-state index contributed by atoms with van der Waals surface area (Å²) >= 11 is 5.03. The number of phenols is 1. The van der Waals surface area contributed by atoms with Crippen molar-refractivity contribution in [3.63, 3.8) is 0 Å². The average Bonchev–Trinajstić information content (AvgIpc) is 3.41. The lowest BCUT2D eigenvalue weighted by atomic mass is 9.51. The van der Waals surface area contributed by atoms with E-state index in [4.69, 9.17) is 9.47 Å². The number of piperidine rings is 1. The molecule has 1 saturated carbocycles. The van der Waals surface area contributed by atoms with E-state index in [0.29, 0.717) is 23.5 Å². The van der Waals surface area contributed by atoms with Gasteiger partial charge in [-0.2, -0.15) is 0 Å². The quantitative estimate of drug-likeness (QED) is 0.333. The molecule has 1 N–H and O–H groups in total. The molecule has 1 saturated heterocycles. The fraction of sp³-hybridized carbons (Fsp3) is 0.481. The van der Waals surface area contributed by atoms with Crippen molar-refractivity contribution >= 4 is 45.2 Å². The molecule has 190 valence electrons. The number of halogens is 1. The van der Waals surface area contributed by atoms with Crippen LogP contribution < -0.4 is 9.47 Å². The standard InChI is InChI=1S/C27H29BrN2O5S/c1-14(31)34-22-12-21(32)25-24-17(22)11-20-18-5-6-19(26(35-25)27(18,24)8-9-29(20)2)30(3)23(33)7-4-16-10-15(28)13-36-16/h4,7,10,12-13,18-20,26,32H,5-6,8-9,11H2,1-3H3/b7-4+/t18-,19+,20+,26-,27-/m0/s1. The molecule has 9 heteroatoms. The van der Waals surface area contributed by atoms with E-state index < -0.39 is 5.97 Å². The highest BCUT2D eigenvalue weighted by Crippen LogP contribution is 2.65. The van der Waals surface area contributed by atoms with Crippen molar-refractivity contribution in [2.24, 2.45) is 5.92 Å². The Morgan fingerprint density at radius 2 is 2.17 bits per heavy atom. The van der Waals surface area contributed by atoms with Crippen molar-refractivity contribution in [1.82, 2.24) is 9.80 Å². The molecule has 36 heavy (non-hydrogen) atoms. The lowest BCUT2D eigenvalue weighted by Crippen LogP contribution is -2.68. The Morgan fingerprint density at radius 1 is 1.36 bits per heavy atom. The van der Waals surface area contributed by atoms with Crippen LogP contribution in [0.2, 0.25) is 0 Å². The number of benzene rings is 1. The molecule has 7 nitrogen and oxygen atoms in total. The first kappa shape index (κ1) is 24.0. The molecule has 3 heterocycles. The lowest BCUT2D eigenvalue weighted by Gasteiger charge is -2.59. The minimum absolute atomic E-state index is 0.000741. The van der Waals surface area contributed by atoms with Crippen LogP contribution in [-0.2, 0) is 21.4 Å². The summed E-state index contributed by atoms with van der Waals surface area (Å²) < 4.78 is 13.2. The summed E-state index contributed by atoms with van der Waals surface area (Å²) in [5.74, 6) is 0.810. The predicted octanol–water partition coefficient (Wildman–Crippen LogP) is 4.35. The molecule has 2 fully saturated rings. The Hall–Kier alpha value is -2.36. The van der Waals surface area contributed by atoms with Crippen LogP contribution >= 0.6 is 27.3 Å². The number of ether oxygens (including phenoxy) is 2. The van der Waals surface area contributed by atoms with Gasteiger partial charge in [0.2, 0.25) is 5.91 Å². The van der Waals surface area contributed by atoms with Gasteiger partial charge in [0.15, 0.2) is 11.5 Å². The zero-order chi connectivity index (χ0) is 25.4. The predicted molar refractivity (Wildman–Crippen MR) is 141 cm³/mol. The van der Waals surface area contributed by atoms with Crippen LogP contribution in [0.4, 0.5) is 0 Å². The fourth-order valence-corrected chi connectivity index (χ4v) is 8.59. The zero-order valence-electron chi connectivity index (χ0n) is 20.5. The van der Waals surface area contributed by atoms with Crippen LogP contribution in [0.1, 0.15) is 42.2 Å². The molecule has 2 aliphatic heterocycles. The van der Waals surface area contributed by atoms with E-state index in [9.17, 15) is 14.7 Å². The summed E-state index contributed by atoms with van der Waals surface area (Å²) in [6.45, 7) is 2.29. The average molecular weight is 574 g/mol. The molecule has 6 rings (SSSR count). The summed E-state index contributed by atoms with van der Waals surface area (Å²) in [6.07, 6.45) is 6.64. The van der Waals surface area contributed by atoms with E-state index in [0.717, 1.165) is 52.7 Å². The van der Waals surface area contributed by atoms with Crippen molar-refractivity contribution in [2.45, 2.75) is 56.2 Å². The van der Waals surface area contributed by atoms with Crippen molar-refractivity contribution in [1.29, 1.82) is 0 Å². The molecule has 0 unspecified atom stereocenters. The lowest BCUT2D eigenvalue weighted by molar-refractivity contribution is -0.135. The number of amides is 1. The SMILES string of the molecule is CC(=O)Oc1cc(O)c2c3c1C[C@@H]1[C@@H]4CC[C@@H](N(C)C(=O)/C=C/c5cc(Br)cs5)[C@H](O2)[C@]34CCN1C. The van der Waals surface area contributed by atoms with Gasteiger partial charge in [-0.3, -0.25) is 9.59 Å². The van der Waals surface area contributed by atoms with Crippen molar-refractivity contribution in [2.75, 3.05) is 20.6 Å². The Morgan fingerprint density at radius 3 is 2.89 bits per heavy atom. The summed E-state index contributed by atoms with van der Waals surface area (Å²) in [7, 11) is 4.01. The highest BCUT2D eigenvalue weighted by molar-refractivity contribution is 9.10. The molecule has 2 aliphatic carbocycles. The molecule has 5 atom stereocenters. The Kier molecular flexibility index (Phi) is 5.73. The number of hydrogen-bond donors (Lipinski definition) is 1. The van der Waals surface area contributed by atoms with Crippen molar-refractivity contribution < 1.29 is 24.2 Å². The number of aromatic hydroxyl groups is 1. The number of carbonyl (C=O) groups excluding carboxylic acids is 2. The zero-order valence-corrected chi connectivity index (χ0v) is 22.9. The molecule has 1 aromatic heterocycles. The number of thiophene rings is 1. The third-order valence-corrected chi connectivity index (χ3v) is 10.4. The smallest absolute Gasteiger partial charge is 0.308 e. The molecule has 2 bridgehead atoms. The number of esters is 1. The van der Waals surface area contributed by atoms with E-state index in [2.05, 4.69) is 27.9 Å². The van der Waals surface area contributed by atoms with Crippen LogP contribution in [0, 0.1) is 5.92 Å². The van der Waals surface area contributed by atoms with Gasteiger partial charge >= 0.3 is 5.97 Å². The van der Waals surface area contributed by atoms with Gasteiger partial charge in [0.25, 0.3) is 0 Å². The fourth-order valence-electron chi connectivity index (χ4n) is 7.25. The van der Waals surface area contributed by atoms with Crippen LogP contribution in [0.15, 0.2) is 28.1 Å². The monoisotopic (exact) mass is 572 g/mol. The Labute approximate surface area is 222 Å². The molecule has 1 amide bonds. The van der Waals surface area contributed by atoms with Gasteiger partial charge in [0.05, 0.1) is 6.04 Å². The molecular weight excluding hydrogens is 544 g/mol. The summed E-state index contributed by atoms with van der Waals surface area (Å²) in [6, 6.07) is 3.67. The van der Waals surface area contributed by atoms with Crippen LogP contribution in [0.25, 0.3) is 6.08 Å². The minimum atomic E-state index is -0.407. The van der Waals surface area contributed by atoms with E-state index in [1.54, 1.807) is 17.4 Å². The van der Waals surface area contributed by atoms with Gasteiger partial charge in [-0.05, 0) is 73.3 Å². The molecule has 2 aromatic rings. The van der Waals surface area contributed by atoms with E-state index >= 15 is 0 Å². The van der Waals surface area contributed by atoms with Crippen LogP contribution in [-0.4, -0.2) is 65.6 Å². The first-order valence-electron chi connectivity index (χ1n) is 12.3. The first-order chi connectivity index (χ1) is 17.2. The second kappa shape index (κ2) is 8.60. The number of carbonyl (C=O) groups is 2. The van der Waals surface area contributed by atoms with Crippen molar-refractivity contribution in [3.8, 4) is 17.2 Å². The maximum absolute atomic E-state index is 13.3. The second-order valence-corrected chi connectivity index (χ2v) is 12.3. The molecule has 4 aliphatic rings. The van der Waals surface area contributed by atoms with Gasteiger partial charge in [0, 0.05) is 63.4 Å². The topological polar surface area (TPSA) is 79.3 Å². The number of hydrogen-bond acceptors (Lipinski definition) is 7. The number of likely N-dealkylation sites (tertiary alicyclic amines) is 1. The molecule has 1 spiro atoms. The van der Waals surface area contributed by atoms with Crippen LogP contribution in [0.5, 0.6) is 17.2 Å². The maximum Gasteiger partial charge on any atom is 0.308 e. The maximum atomic E-state index is 13.3. The molecular formula is C27H29BrN2O5S.